The number of carboxylic acids is 1. The smallest absolute Gasteiger partial charge is 0.335 e. The Bertz CT molecular complexity index is 95.2. The predicted octanol–water partition coefficient (Wildman–Crippen LogP) is 1.62. The zero-order chi connectivity index (χ0) is 7.86. The van der Waals surface area contributed by atoms with Gasteiger partial charge in [-0.25, -0.2) is 9.18 Å². The minimum atomic E-state index is -1.41. The van der Waals surface area contributed by atoms with Crippen molar-refractivity contribution in [3.63, 3.8) is 0 Å². The summed E-state index contributed by atoms with van der Waals surface area (Å²) in [7, 11) is 0. The summed E-state index contributed by atoms with van der Waals surface area (Å²) in [5, 5.41) is 7.35. The average molecular weight is 134 g/mol. The molecule has 0 saturated heterocycles. The van der Waals surface area contributed by atoms with Crippen molar-refractivity contribution in [1.29, 1.82) is 0 Å². The molecule has 0 aliphatic heterocycles. The second-order valence-corrected chi connectivity index (χ2v) is 1.73. The molecular formula is C6H11FO2. The van der Waals surface area contributed by atoms with E-state index < -0.39 is 12.6 Å². The van der Waals surface area contributed by atoms with Gasteiger partial charge in [0, 0.05) is 0 Å². The van der Waals surface area contributed by atoms with Gasteiger partial charge in [-0.3, -0.25) is 0 Å². The van der Waals surface area contributed by atoms with Crippen LogP contribution in [0.4, 0.5) is 4.39 Å². The summed E-state index contributed by atoms with van der Waals surface area (Å²) in [5.41, 5.74) is 1.17. The Balaban J connectivity index is 0. The van der Waals surface area contributed by atoms with Crippen molar-refractivity contribution in [2.45, 2.75) is 13.8 Å². The lowest BCUT2D eigenvalue weighted by Crippen LogP contribution is -1.93. The predicted molar refractivity (Wildman–Crippen MR) is 34.1 cm³/mol. The molecular weight excluding hydrogens is 123 g/mol. The van der Waals surface area contributed by atoms with Crippen LogP contribution < -0.4 is 0 Å². The molecule has 0 atom stereocenters. The van der Waals surface area contributed by atoms with Gasteiger partial charge in [-0.1, -0.05) is 5.57 Å². The molecule has 0 rings (SSSR count). The first-order valence-electron chi connectivity index (χ1n) is 2.40. The highest BCUT2D eigenvalue weighted by molar-refractivity contribution is 5.67. The molecule has 0 fully saturated rings. The molecule has 1 N–H and O–H groups in total. The highest BCUT2D eigenvalue weighted by Crippen LogP contribution is 1.73. The first-order chi connectivity index (χ1) is 4.00. The number of carbonyl (C=O) groups is 1. The number of hydrogen-bond donors (Lipinski definition) is 1. The molecule has 0 amide bonds. The minimum absolute atomic E-state index is 1.17. The highest BCUT2D eigenvalue weighted by Gasteiger charge is 1.85. The molecule has 2 nitrogen and oxygen atoms in total. The Labute approximate surface area is 54.0 Å². The summed E-state index contributed by atoms with van der Waals surface area (Å²) in [4.78, 5) is 8.99. The van der Waals surface area contributed by atoms with Crippen LogP contribution in [0.2, 0.25) is 0 Å². The van der Waals surface area contributed by atoms with Crippen LogP contribution in [-0.4, -0.2) is 17.8 Å². The van der Waals surface area contributed by atoms with E-state index in [-0.39, 0.29) is 0 Å². The van der Waals surface area contributed by atoms with Gasteiger partial charge in [-0.05, 0) is 13.8 Å². The molecule has 0 aliphatic rings. The second-order valence-electron chi connectivity index (χ2n) is 1.73. The van der Waals surface area contributed by atoms with E-state index in [0.717, 1.165) is 0 Å². The Morgan fingerprint density at radius 3 is 1.78 bits per heavy atom. The molecule has 0 aromatic heterocycles. The average Bonchev–Trinajstić information content (AvgIpc) is 1.65. The third kappa shape index (κ3) is 145. The molecule has 54 valence electrons. The monoisotopic (exact) mass is 134 g/mol. The van der Waals surface area contributed by atoms with Crippen molar-refractivity contribution >= 4 is 5.97 Å². The number of hydrogen-bond acceptors (Lipinski definition) is 1. The molecule has 0 saturated carbocycles. The lowest BCUT2D eigenvalue weighted by molar-refractivity contribution is -0.137. The zero-order valence-corrected chi connectivity index (χ0v) is 5.65. The van der Waals surface area contributed by atoms with E-state index in [4.69, 9.17) is 9.90 Å². The number of aliphatic carboxylic acids is 1. The van der Waals surface area contributed by atoms with Gasteiger partial charge in [0.05, 0.1) is 0 Å². The SMILES string of the molecule is C=C(C)C.O=C(O)CF. The number of alkyl halides is 1. The van der Waals surface area contributed by atoms with Gasteiger partial charge in [0.25, 0.3) is 0 Å². The molecule has 3 heteroatoms. The van der Waals surface area contributed by atoms with Crippen molar-refractivity contribution in [2.24, 2.45) is 0 Å². The van der Waals surface area contributed by atoms with E-state index in [1.165, 1.54) is 5.57 Å². The van der Waals surface area contributed by atoms with Crippen molar-refractivity contribution in [2.75, 3.05) is 6.67 Å². The molecule has 0 radical (unpaired) electrons. The standard InChI is InChI=1S/C4H8.C2H3FO2/c1-4(2)3;3-1-2(4)5/h1H2,2-3H3;1H2,(H,4,5). The summed E-state index contributed by atoms with van der Waals surface area (Å²) >= 11 is 0. The van der Waals surface area contributed by atoms with Crippen molar-refractivity contribution in [3.8, 4) is 0 Å². The van der Waals surface area contributed by atoms with E-state index in [9.17, 15) is 4.39 Å². The second kappa shape index (κ2) is 7.14. The van der Waals surface area contributed by atoms with E-state index >= 15 is 0 Å². The van der Waals surface area contributed by atoms with Gasteiger partial charge in [0.15, 0.2) is 6.67 Å². The summed E-state index contributed by atoms with van der Waals surface area (Å²) < 4.78 is 10.5. The molecule has 0 unspecified atom stereocenters. The Kier molecular flexibility index (Phi) is 8.73. The van der Waals surface area contributed by atoms with Crippen LogP contribution in [0.15, 0.2) is 12.2 Å². The van der Waals surface area contributed by atoms with E-state index in [0.29, 0.717) is 0 Å². The first-order valence-corrected chi connectivity index (χ1v) is 2.40. The summed E-state index contributed by atoms with van der Waals surface area (Å²) in [6.07, 6.45) is 0. The van der Waals surface area contributed by atoms with Gasteiger partial charge in [0.2, 0.25) is 0 Å². The molecule has 0 bridgehead atoms. The van der Waals surface area contributed by atoms with Crippen LogP contribution in [-0.2, 0) is 4.79 Å². The Hall–Kier alpha value is -0.860. The Morgan fingerprint density at radius 2 is 1.78 bits per heavy atom. The van der Waals surface area contributed by atoms with Crippen LogP contribution in [0.5, 0.6) is 0 Å². The first kappa shape index (κ1) is 11.0. The number of allylic oxidation sites excluding steroid dienone is 1. The third-order valence-corrected chi connectivity index (χ3v) is 0.114. The van der Waals surface area contributed by atoms with E-state index in [1.807, 2.05) is 13.8 Å². The molecule has 0 heterocycles. The highest BCUT2D eigenvalue weighted by atomic mass is 19.1. The Morgan fingerprint density at radius 1 is 1.67 bits per heavy atom. The summed E-state index contributed by atoms with van der Waals surface area (Å²) in [5.74, 6) is -1.41. The molecule has 0 aliphatic carbocycles. The van der Waals surface area contributed by atoms with E-state index in [1.54, 1.807) is 0 Å². The molecule has 9 heavy (non-hydrogen) atoms. The van der Waals surface area contributed by atoms with Gasteiger partial charge in [-0.15, -0.1) is 6.58 Å². The van der Waals surface area contributed by atoms with Crippen LogP contribution in [0.1, 0.15) is 13.8 Å². The molecule has 0 aromatic rings. The lowest BCUT2D eigenvalue weighted by atomic mass is 10.4. The van der Waals surface area contributed by atoms with Crippen molar-refractivity contribution in [1.82, 2.24) is 0 Å². The van der Waals surface area contributed by atoms with Gasteiger partial charge in [0.1, 0.15) is 0 Å². The largest absolute Gasteiger partial charge is 0.479 e. The minimum Gasteiger partial charge on any atom is -0.479 e. The van der Waals surface area contributed by atoms with Gasteiger partial charge >= 0.3 is 5.97 Å². The number of halogens is 1. The fraction of sp³-hybridized carbons (Fsp3) is 0.500. The molecule has 0 spiro atoms. The fourth-order valence-electron chi connectivity index (χ4n) is 0. The quantitative estimate of drug-likeness (QED) is 0.553. The van der Waals surface area contributed by atoms with E-state index in [2.05, 4.69) is 6.58 Å². The maximum absolute atomic E-state index is 10.5. The van der Waals surface area contributed by atoms with Crippen molar-refractivity contribution in [3.05, 3.63) is 12.2 Å². The van der Waals surface area contributed by atoms with Gasteiger partial charge in [-0.2, -0.15) is 0 Å². The third-order valence-electron chi connectivity index (χ3n) is 0.114. The van der Waals surface area contributed by atoms with Crippen LogP contribution >= 0.6 is 0 Å². The zero-order valence-electron chi connectivity index (χ0n) is 5.65. The van der Waals surface area contributed by atoms with Crippen LogP contribution in [0.3, 0.4) is 0 Å². The van der Waals surface area contributed by atoms with Crippen LogP contribution in [0.25, 0.3) is 0 Å². The fourth-order valence-corrected chi connectivity index (χ4v) is 0. The van der Waals surface area contributed by atoms with Gasteiger partial charge < -0.3 is 5.11 Å². The topological polar surface area (TPSA) is 37.3 Å². The molecule has 0 aromatic carbocycles. The normalized spacial score (nSPS) is 7.00. The lowest BCUT2D eigenvalue weighted by Gasteiger charge is -1.69. The number of rotatable bonds is 1. The summed E-state index contributed by atoms with van der Waals surface area (Å²) in [6.45, 7) is 6.22. The number of carboxylic acid groups (broad SMARTS) is 1. The maximum Gasteiger partial charge on any atom is 0.335 e. The maximum atomic E-state index is 10.5. The van der Waals surface area contributed by atoms with Crippen molar-refractivity contribution < 1.29 is 14.3 Å². The van der Waals surface area contributed by atoms with Crippen LogP contribution in [0, 0.1) is 0 Å². The summed E-state index contributed by atoms with van der Waals surface area (Å²) in [6, 6.07) is 0.